The first-order chi connectivity index (χ1) is 11.1. The molecule has 1 N–H and O–H groups in total. The summed E-state index contributed by atoms with van der Waals surface area (Å²) in [6, 6.07) is 6.06. The standard InChI is InChI=1S/C19H28N2O2/c1-4-6-7-11-21-13-16(12-17(21)22)19(23)20-18-14(3)9-8-10-15(18)5-2/h8-10,16H,4-7,11-13H2,1-3H3,(H,20,23). The van der Waals surface area contributed by atoms with Crippen LogP contribution < -0.4 is 5.32 Å². The summed E-state index contributed by atoms with van der Waals surface area (Å²) in [7, 11) is 0. The molecule has 1 heterocycles. The predicted molar refractivity (Wildman–Crippen MR) is 93.4 cm³/mol. The number of aryl methyl sites for hydroxylation is 2. The van der Waals surface area contributed by atoms with Gasteiger partial charge in [-0.2, -0.15) is 0 Å². The van der Waals surface area contributed by atoms with Gasteiger partial charge in [0.15, 0.2) is 0 Å². The van der Waals surface area contributed by atoms with Crippen LogP contribution in [0.1, 0.15) is 50.7 Å². The number of benzene rings is 1. The fraction of sp³-hybridized carbons (Fsp3) is 0.579. The van der Waals surface area contributed by atoms with Crippen LogP contribution in [0.2, 0.25) is 0 Å². The smallest absolute Gasteiger partial charge is 0.229 e. The second kappa shape index (κ2) is 8.14. The first-order valence-electron chi connectivity index (χ1n) is 8.73. The minimum atomic E-state index is -0.228. The Balaban J connectivity index is 1.98. The zero-order valence-electron chi connectivity index (χ0n) is 14.5. The summed E-state index contributed by atoms with van der Waals surface area (Å²) < 4.78 is 0. The fourth-order valence-electron chi connectivity index (χ4n) is 3.14. The van der Waals surface area contributed by atoms with Crippen molar-refractivity contribution in [2.75, 3.05) is 18.4 Å². The van der Waals surface area contributed by atoms with Crippen molar-refractivity contribution in [2.24, 2.45) is 5.92 Å². The highest BCUT2D eigenvalue weighted by atomic mass is 16.2. The Morgan fingerprint density at radius 2 is 2.09 bits per heavy atom. The molecule has 1 aliphatic rings. The molecule has 2 rings (SSSR count). The van der Waals surface area contributed by atoms with Gasteiger partial charge in [0.1, 0.15) is 0 Å². The Bertz CT molecular complexity index is 568. The lowest BCUT2D eigenvalue weighted by Gasteiger charge is -2.17. The van der Waals surface area contributed by atoms with E-state index in [-0.39, 0.29) is 17.7 Å². The molecule has 23 heavy (non-hydrogen) atoms. The molecule has 1 atom stereocenters. The molecule has 1 aliphatic heterocycles. The Morgan fingerprint density at radius 3 is 2.78 bits per heavy atom. The molecule has 4 nitrogen and oxygen atoms in total. The van der Waals surface area contributed by atoms with Gasteiger partial charge in [-0.3, -0.25) is 9.59 Å². The maximum Gasteiger partial charge on any atom is 0.229 e. The highest BCUT2D eigenvalue weighted by Gasteiger charge is 2.34. The SMILES string of the molecule is CCCCCN1CC(C(=O)Nc2c(C)cccc2CC)CC1=O. The van der Waals surface area contributed by atoms with Gasteiger partial charge in [0.2, 0.25) is 11.8 Å². The average molecular weight is 316 g/mol. The molecule has 0 aromatic heterocycles. The molecule has 0 radical (unpaired) electrons. The molecular weight excluding hydrogens is 288 g/mol. The van der Waals surface area contributed by atoms with Crippen molar-refractivity contribution >= 4 is 17.5 Å². The van der Waals surface area contributed by atoms with Crippen molar-refractivity contribution in [3.63, 3.8) is 0 Å². The molecule has 0 aliphatic carbocycles. The molecule has 1 aromatic carbocycles. The molecular formula is C19H28N2O2. The van der Waals surface area contributed by atoms with E-state index in [1.807, 2.05) is 30.0 Å². The van der Waals surface area contributed by atoms with Crippen LogP contribution in [0.25, 0.3) is 0 Å². The fourth-order valence-corrected chi connectivity index (χ4v) is 3.14. The Kier molecular flexibility index (Phi) is 6.20. The summed E-state index contributed by atoms with van der Waals surface area (Å²) in [6.45, 7) is 7.57. The Hall–Kier alpha value is -1.84. The molecule has 0 bridgehead atoms. The van der Waals surface area contributed by atoms with E-state index < -0.39 is 0 Å². The van der Waals surface area contributed by atoms with Gasteiger partial charge in [-0.05, 0) is 30.9 Å². The molecule has 0 saturated carbocycles. The zero-order chi connectivity index (χ0) is 16.8. The number of unbranched alkanes of at least 4 members (excludes halogenated alkanes) is 2. The van der Waals surface area contributed by atoms with Gasteiger partial charge in [-0.15, -0.1) is 0 Å². The summed E-state index contributed by atoms with van der Waals surface area (Å²) in [5.74, 6) is -0.143. The van der Waals surface area contributed by atoms with E-state index in [4.69, 9.17) is 0 Å². The lowest BCUT2D eigenvalue weighted by atomic mass is 10.0. The lowest BCUT2D eigenvalue weighted by Crippen LogP contribution is -2.29. The number of carbonyl (C=O) groups excluding carboxylic acids is 2. The van der Waals surface area contributed by atoms with E-state index in [0.717, 1.165) is 49.0 Å². The van der Waals surface area contributed by atoms with Gasteiger partial charge >= 0.3 is 0 Å². The summed E-state index contributed by atoms with van der Waals surface area (Å²) in [4.78, 5) is 26.5. The second-order valence-electron chi connectivity index (χ2n) is 6.40. The van der Waals surface area contributed by atoms with E-state index >= 15 is 0 Å². The molecule has 1 aromatic rings. The predicted octanol–water partition coefficient (Wildman–Crippen LogP) is 3.53. The first kappa shape index (κ1) is 17.5. The van der Waals surface area contributed by atoms with Crippen LogP contribution in [-0.2, 0) is 16.0 Å². The molecule has 1 fully saturated rings. The minimum absolute atomic E-state index is 0.0275. The summed E-state index contributed by atoms with van der Waals surface area (Å²) >= 11 is 0. The molecule has 4 heteroatoms. The van der Waals surface area contributed by atoms with E-state index in [0.29, 0.717) is 13.0 Å². The number of para-hydroxylation sites is 1. The van der Waals surface area contributed by atoms with Crippen LogP contribution in [0, 0.1) is 12.8 Å². The molecule has 1 saturated heterocycles. The maximum absolute atomic E-state index is 12.6. The van der Waals surface area contributed by atoms with Crippen LogP contribution in [0.4, 0.5) is 5.69 Å². The molecule has 2 amide bonds. The quantitative estimate of drug-likeness (QED) is 0.782. The highest BCUT2D eigenvalue weighted by molar-refractivity contribution is 5.98. The maximum atomic E-state index is 12.6. The van der Waals surface area contributed by atoms with Crippen LogP contribution in [0.3, 0.4) is 0 Å². The molecule has 1 unspecified atom stereocenters. The Morgan fingerprint density at radius 1 is 1.30 bits per heavy atom. The number of anilines is 1. The first-order valence-corrected chi connectivity index (χ1v) is 8.73. The van der Waals surface area contributed by atoms with E-state index in [1.165, 1.54) is 0 Å². The van der Waals surface area contributed by atoms with Gasteiger partial charge in [-0.25, -0.2) is 0 Å². The number of likely N-dealkylation sites (tertiary alicyclic amines) is 1. The number of amides is 2. The van der Waals surface area contributed by atoms with Gasteiger partial charge in [0.25, 0.3) is 0 Å². The largest absolute Gasteiger partial charge is 0.342 e. The van der Waals surface area contributed by atoms with Crippen molar-refractivity contribution in [3.8, 4) is 0 Å². The third-order valence-electron chi connectivity index (χ3n) is 4.61. The summed E-state index contributed by atoms with van der Waals surface area (Å²) in [5.41, 5.74) is 3.13. The van der Waals surface area contributed by atoms with E-state index in [2.05, 4.69) is 19.2 Å². The number of hydrogen-bond acceptors (Lipinski definition) is 2. The lowest BCUT2D eigenvalue weighted by molar-refractivity contribution is -0.128. The number of rotatable bonds is 7. The van der Waals surface area contributed by atoms with Gasteiger partial charge in [0.05, 0.1) is 5.92 Å². The van der Waals surface area contributed by atoms with Crippen LogP contribution in [0.15, 0.2) is 18.2 Å². The normalized spacial score (nSPS) is 17.6. The monoisotopic (exact) mass is 316 g/mol. The van der Waals surface area contributed by atoms with Crippen LogP contribution >= 0.6 is 0 Å². The minimum Gasteiger partial charge on any atom is -0.342 e. The van der Waals surface area contributed by atoms with Crippen molar-refractivity contribution in [1.82, 2.24) is 4.90 Å². The van der Waals surface area contributed by atoms with E-state index in [1.54, 1.807) is 0 Å². The number of nitrogens with one attached hydrogen (secondary N) is 1. The number of carbonyl (C=O) groups is 2. The van der Waals surface area contributed by atoms with Gasteiger partial charge in [-0.1, -0.05) is 44.9 Å². The molecule has 126 valence electrons. The van der Waals surface area contributed by atoms with Crippen molar-refractivity contribution in [2.45, 2.75) is 52.9 Å². The zero-order valence-corrected chi connectivity index (χ0v) is 14.5. The summed E-state index contributed by atoms with van der Waals surface area (Å²) in [5, 5.41) is 3.06. The van der Waals surface area contributed by atoms with Crippen LogP contribution in [0.5, 0.6) is 0 Å². The van der Waals surface area contributed by atoms with E-state index in [9.17, 15) is 9.59 Å². The van der Waals surface area contributed by atoms with Gasteiger partial charge in [0, 0.05) is 25.2 Å². The Labute approximate surface area is 139 Å². The second-order valence-corrected chi connectivity index (χ2v) is 6.40. The third-order valence-corrected chi connectivity index (χ3v) is 4.61. The van der Waals surface area contributed by atoms with Crippen molar-refractivity contribution in [1.29, 1.82) is 0 Å². The van der Waals surface area contributed by atoms with Crippen molar-refractivity contribution in [3.05, 3.63) is 29.3 Å². The number of hydrogen-bond donors (Lipinski definition) is 1. The van der Waals surface area contributed by atoms with Crippen LogP contribution in [-0.4, -0.2) is 29.8 Å². The average Bonchev–Trinajstić information content (AvgIpc) is 2.91. The topological polar surface area (TPSA) is 49.4 Å². The number of nitrogens with zero attached hydrogens (tertiary/aromatic N) is 1. The molecule has 0 spiro atoms. The van der Waals surface area contributed by atoms with Crippen molar-refractivity contribution < 1.29 is 9.59 Å². The third kappa shape index (κ3) is 4.34. The van der Waals surface area contributed by atoms with Gasteiger partial charge < -0.3 is 10.2 Å². The summed E-state index contributed by atoms with van der Waals surface area (Å²) in [6.07, 6.45) is 4.51. The highest BCUT2D eigenvalue weighted by Crippen LogP contribution is 2.24.